The summed E-state index contributed by atoms with van der Waals surface area (Å²) >= 11 is 0. The van der Waals surface area contributed by atoms with Gasteiger partial charge in [0.2, 0.25) is 6.23 Å². The second kappa shape index (κ2) is 8.04. The van der Waals surface area contributed by atoms with Crippen molar-refractivity contribution in [3.63, 3.8) is 0 Å². The average Bonchev–Trinajstić information content (AvgIpc) is 2.49. The van der Waals surface area contributed by atoms with E-state index in [1.54, 1.807) is 0 Å². The number of hydrogen-bond acceptors (Lipinski definition) is 13. The van der Waals surface area contributed by atoms with Crippen LogP contribution in [-0.2, 0) is 19.2 Å². The minimum absolute atomic E-state index is 0.583. The van der Waals surface area contributed by atoms with Crippen molar-refractivity contribution in [1.82, 2.24) is 9.80 Å². The van der Waals surface area contributed by atoms with Gasteiger partial charge in [0.25, 0.3) is 0 Å². The van der Waals surface area contributed by atoms with Gasteiger partial charge in [0, 0.05) is 13.1 Å². The fourth-order valence-corrected chi connectivity index (χ4v) is 1.67. The Hall–Kier alpha value is -2.48. The minimum atomic E-state index is -4.33. The molecule has 156 valence electrons. The van der Waals surface area contributed by atoms with E-state index in [0.29, 0.717) is 0 Å². The molecule has 11 N–H and O–H groups in total. The molecule has 17 nitrogen and oxygen atoms in total. The van der Waals surface area contributed by atoms with Crippen molar-refractivity contribution in [2.45, 2.75) is 24.0 Å². The van der Waals surface area contributed by atoms with Gasteiger partial charge in [-0.2, -0.15) is 4.90 Å². The Morgan fingerprint density at radius 1 is 0.667 bits per heavy atom. The van der Waals surface area contributed by atoms with Crippen LogP contribution in [0.3, 0.4) is 0 Å². The molecule has 0 aromatic rings. The second-order valence-corrected chi connectivity index (χ2v) is 4.88. The summed E-state index contributed by atoms with van der Waals surface area (Å²) in [6.45, 7) is -3.21. The van der Waals surface area contributed by atoms with Crippen molar-refractivity contribution < 1.29 is 75.3 Å². The van der Waals surface area contributed by atoms with E-state index in [4.69, 9.17) is 20.4 Å². The van der Waals surface area contributed by atoms with E-state index < -0.39 is 70.7 Å². The Morgan fingerprint density at radius 2 is 1.00 bits per heavy atom. The van der Waals surface area contributed by atoms with Gasteiger partial charge in [-0.25, -0.2) is 24.1 Å². The van der Waals surface area contributed by atoms with E-state index in [1.807, 2.05) is 0 Å². The third-order valence-electron chi connectivity index (χ3n) is 3.09. The molecule has 0 heterocycles. The van der Waals surface area contributed by atoms with Gasteiger partial charge >= 0.3 is 41.6 Å². The fraction of sp³-hybridized carbons (Fsp3) is 0.600. The highest BCUT2D eigenvalue weighted by atomic mass is 16.6. The van der Waals surface area contributed by atoms with Crippen molar-refractivity contribution in [1.29, 1.82) is 0 Å². The summed E-state index contributed by atoms with van der Waals surface area (Å²) in [5.41, 5.74) is 0. The van der Waals surface area contributed by atoms with Gasteiger partial charge in [-0.3, -0.25) is 0 Å². The number of aliphatic hydroxyl groups is 7. The van der Waals surface area contributed by atoms with Crippen LogP contribution in [0.4, 0.5) is 0 Å². The molecule has 1 unspecified atom stereocenters. The van der Waals surface area contributed by atoms with E-state index in [2.05, 4.69) is 0 Å². The number of rotatable bonds is 11. The maximum atomic E-state index is 10.8. The highest BCUT2D eigenvalue weighted by Gasteiger charge is 2.56. The predicted molar refractivity (Wildman–Crippen MR) is 71.5 cm³/mol. The molecule has 0 rings (SSSR count). The van der Waals surface area contributed by atoms with Crippen LogP contribution in [0.2, 0.25) is 0 Å². The maximum absolute atomic E-state index is 10.8. The molecule has 0 saturated carbocycles. The van der Waals surface area contributed by atoms with Crippen molar-refractivity contribution in [2.24, 2.45) is 0 Å². The maximum Gasteiger partial charge on any atom is 0.381 e. The molecule has 0 fully saturated rings. The first-order valence-corrected chi connectivity index (χ1v) is 6.41. The monoisotopic (exact) mass is 404 g/mol. The Balaban J connectivity index is 6.02. The molecule has 17 heteroatoms. The minimum Gasteiger partial charge on any atom is -0.478 e. The molecule has 0 saturated heterocycles. The summed E-state index contributed by atoms with van der Waals surface area (Å²) in [6, 6.07) is 0. The molecule has 27 heavy (non-hydrogen) atoms. The van der Waals surface area contributed by atoms with Crippen LogP contribution in [0.1, 0.15) is 0 Å². The van der Waals surface area contributed by atoms with Gasteiger partial charge in [0.1, 0.15) is 0 Å². The molecule has 0 radical (unpaired) electrons. The molecule has 0 aliphatic carbocycles. The topological polar surface area (TPSA) is 297 Å². The van der Waals surface area contributed by atoms with Crippen molar-refractivity contribution in [3.8, 4) is 0 Å². The Kier molecular flexibility index (Phi) is 7.30. The summed E-state index contributed by atoms with van der Waals surface area (Å²) in [7, 11) is 0. The largest absolute Gasteiger partial charge is 0.478 e. The fourth-order valence-electron chi connectivity index (χ4n) is 1.67. The number of carbonyl (C=O) groups is 4. The lowest BCUT2D eigenvalue weighted by Gasteiger charge is -2.40. The number of aliphatic hydroxyl groups excluding tert-OH is 1. The van der Waals surface area contributed by atoms with Gasteiger partial charge in [-0.05, 0) is 0 Å². The molecular weight excluding hydrogens is 388 g/mol. The van der Waals surface area contributed by atoms with E-state index in [1.165, 1.54) is 0 Å². The van der Waals surface area contributed by atoms with Crippen molar-refractivity contribution in [3.05, 3.63) is 0 Å². The summed E-state index contributed by atoms with van der Waals surface area (Å²) < 4.78 is 0. The van der Waals surface area contributed by atoms with Gasteiger partial charge in [-0.1, -0.05) is 0 Å². The summed E-state index contributed by atoms with van der Waals surface area (Å²) in [5, 5.41) is 100. The number of carboxylic acid groups (broad SMARTS) is 4. The lowest BCUT2D eigenvalue weighted by Crippen LogP contribution is -2.70. The van der Waals surface area contributed by atoms with Crippen LogP contribution in [-0.4, -0.2) is 127 Å². The predicted octanol–water partition coefficient (Wildman–Crippen LogP) is -6.84. The van der Waals surface area contributed by atoms with Crippen LogP contribution in [0.5, 0.6) is 0 Å². The lowest BCUT2D eigenvalue weighted by atomic mass is 10.2. The zero-order chi connectivity index (χ0) is 22.0. The van der Waals surface area contributed by atoms with Gasteiger partial charge in [0.15, 0.2) is 0 Å². The van der Waals surface area contributed by atoms with E-state index in [0.717, 1.165) is 0 Å². The quantitative estimate of drug-likeness (QED) is 0.142. The van der Waals surface area contributed by atoms with E-state index >= 15 is 0 Å². The van der Waals surface area contributed by atoms with E-state index in [-0.39, 0.29) is 0 Å². The van der Waals surface area contributed by atoms with Gasteiger partial charge in [-0.15, -0.1) is 0 Å². The van der Waals surface area contributed by atoms with Crippen LogP contribution in [0.15, 0.2) is 0 Å². The molecule has 0 bridgehead atoms. The third kappa shape index (κ3) is 5.03. The van der Waals surface area contributed by atoms with E-state index in [9.17, 15) is 54.9 Å². The molecule has 1 atom stereocenters. The molecule has 0 aromatic heterocycles. The second-order valence-electron chi connectivity index (χ2n) is 4.88. The van der Waals surface area contributed by atoms with Crippen molar-refractivity contribution in [2.75, 3.05) is 13.1 Å². The van der Waals surface area contributed by atoms with Crippen LogP contribution < -0.4 is 0 Å². The molecule has 0 aliphatic heterocycles. The van der Waals surface area contributed by atoms with Gasteiger partial charge < -0.3 is 56.2 Å². The third-order valence-corrected chi connectivity index (χ3v) is 3.09. The highest BCUT2D eigenvalue weighted by Crippen LogP contribution is 2.21. The first-order chi connectivity index (χ1) is 11.9. The normalized spacial score (nSPS) is 14.3. The number of carboxylic acids is 4. The zero-order valence-corrected chi connectivity index (χ0v) is 12.9. The molecule has 0 spiro atoms. The number of aliphatic carboxylic acids is 4. The van der Waals surface area contributed by atoms with Crippen molar-refractivity contribution >= 4 is 23.9 Å². The Morgan fingerprint density at radius 3 is 1.26 bits per heavy atom. The zero-order valence-electron chi connectivity index (χ0n) is 12.9. The SMILES string of the molecule is O=C(O)C(O)N(CCN(C(O)(O)C(=O)O)C(O)(O)C(=O)O)C(O)(O)C(=O)O. The average molecular weight is 404 g/mol. The van der Waals surface area contributed by atoms with Gasteiger partial charge in [0.05, 0.1) is 0 Å². The van der Waals surface area contributed by atoms with Crippen LogP contribution in [0, 0.1) is 0 Å². The molecule has 0 aliphatic rings. The summed E-state index contributed by atoms with van der Waals surface area (Å²) in [5.74, 6) is -22.9. The smallest absolute Gasteiger partial charge is 0.381 e. The summed E-state index contributed by atoms with van der Waals surface area (Å²) in [4.78, 5) is 41.7. The Bertz CT molecular complexity index is 588. The molecular formula is C10H16N2O15. The first kappa shape index (κ1) is 24.5. The van der Waals surface area contributed by atoms with Crippen LogP contribution >= 0.6 is 0 Å². The molecule has 0 amide bonds. The summed E-state index contributed by atoms with van der Waals surface area (Å²) in [6.07, 6.45) is -3.01. The lowest BCUT2D eigenvalue weighted by molar-refractivity contribution is -0.365. The van der Waals surface area contributed by atoms with Crippen LogP contribution in [0.25, 0.3) is 0 Å². The standard InChI is InChI=1S/C10H16N2O15/c13-3(4(14)15)11(8(22,23)5(16)17)1-2-12(9(24,25)6(18)19)10(26,27)7(20)21/h3,13,22-27H,1-2H2,(H,14,15)(H,16,17)(H,18,19)(H,20,21). The Labute approximate surface area is 147 Å². The molecule has 0 aromatic carbocycles. The highest BCUT2D eigenvalue weighted by molar-refractivity contribution is 5.79. The number of hydrogen-bond donors (Lipinski definition) is 11. The number of nitrogens with zero attached hydrogens (tertiary/aromatic N) is 2. The first-order valence-electron chi connectivity index (χ1n) is 6.41.